The molecule has 0 amide bonds. The maximum Gasteiger partial charge on any atom is 0.0273 e. The third kappa shape index (κ3) is 6.89. The van der Waals surface area contributed by atoms with Crippen LogP contribution in [0.3, 0.4) is 0 Å². The van der Waals surface area contributed by atoms with E-state index in [1.807, 2.05) is 38.3 Å². The highest BCUT2D eigenvalue weighted by atomic mass is 14.6. The number of aliphatic imine (C=N–C) groups is 1. The maximum absolute atomic E-state index is 7.26. The molecule has 0 aliphatic rings. The van der Waals surface area contributed by atoms with Gasteiger partial charge in [0.1, 0.15) is 0 Å². The molecule has 0 rings (SSSR count). The maximum atomic E-state index is 7.26. The monoisotopic (exact) mass is 287 g/mol. The summed E-state index contributed by atoms with van der Waals surface area (Å²) in [6.07, 6.45) is 14.9. The Kier molecular flexibility index (Phi) is 9.02. The first-order valence-electron chi connectivity index (χ1n) is 7.26. The third-order valence-electron chi connectivity index (χ3n) is 3.60. The summed E-state index contributed by atoms with van der Waals surface area (Å²) in [5.74, 6) is 0. The molecule has 0 spiro atoms. The molecule has 0 aromatic carbocycles. The molecule has 0 aliphatic carbocycles. The molecule has 3 N–H and O–H groups in total. The van der Waals surface area contributed by atoms with Crippen molar-refractivity contribution < 1.29 is 0 Å². The Labute approximate surface area is 129 Å². The number of nitrogens with two attached hydrogens (primary N) is 1. The molecule has 0 radical (unpaired) electrons. The first-order chi connectivity index (χ1) is 9.89. The molecule has 3 nitrogen and oxygen atoms in total. The Hall–Kier alpha value is -1.90. The number of hydrogen-bond acceptors (Lipinski definition) is 3. The van der Waals surface area contributed by atoms with Crippen molar-refractivity contribution in [2.45, 2.75) is 40.5 Å². The molecule has 0 fully saturated rings. The third-order valence-corrected chi connectivity index (χ3v) is 3.60. The molecule has 0 aliphatic heterocycles. The number of hydrogen-bond donors (Lipinski definition) is 2. The van der Waals surface area contributed by atoms with Crippen molar-refractivity contribution in [1.29, 1.82) is 5.41 Å². The molecule has 21 heavy (non-hydrogen) atoms. The second-order valence-electron chi connectivity index (χ2n) is 5.47. The van der Waals surface area contributed by atoms with Crippen LogP contribution in [0.15, 0.2) is 52.2 Å². The minimum absolute atomic E-state index is 0.160. The number of rotatable bonds is 8. The largest absolute Gasteiger partial charge is 0.402 e. The Morgan fingerprint density at radius 1 is 1.33 bits per heavy atom. The number of allylic oxidation sites excluding steroid dienone is 8. The minimum Gasteiger partial charge on any atom is -0.402 e. The van der Waals surface area contributed by atoms with E-state index in [-0.39, 0.29) is 5.41 Å². The van der Waals surface area contributed by atoms with Crippen molar-refractivity contribution in [1.82, 2.24) is 0 Å². The van der Waals surface area contributed by atoms with Gasteiger partial charge in [-0.25, -0.2) is 0 Å². The van der Waals surface area contributed by atoms with Crippen LogP contribution in [-0.2, 0) is 0 Å². The number of nitrogens with zero attached hydrogens (tertiary/aromatic N) is 1. The first-order valence-corrected chi connectivity index (χ1v) is 7.26. The number of nitrogens with one attached hydrogen (secondary N) is 1. The van der Waals surface area contributed by atoms with Crippen molar-refractivity contribution in [3.05, 3.63) is 47.2 Å². The Morgan fingerprint density at radius 3 is 2.52 bits per heavy atom. The van der Waals surface area contributed by atoms with E-state index in [4.69, 9.17) is 11.1 Å². The van der Waals surface area contributed by atoms with Gasteiger partial charge < -0.3 is 16.1 Å². The van der Waals surface area contributed by atoms with Gasteiger partial charge in [-0.05, 0) is 38.0 Å². The molecule has 0 aromatic rings. The van der Waals surface area contributed by atoms with E-state index >= 15 is 0 Å². The molecule has 3 heteroatoms. The quantitative estimate of drug-likeness (QED) is 0.387. The molecule has 116 valence electrons. The van der Waals surface area contributed by atoms with Crippen LogP contribution in [0.25, 0.3) is 0 Å². The van der Waals surface area contributed by atoms with Gasteiger partial charge in [0.15, 0.2) is 0 Å². The summed E-state index contributed by atoms with van der Waals surface area (Å²) in [5.41, 5.74) is 9.02. The Bertz CT molecular complexity index is 475. The lowest BCUT2D eigenvalue weighted by Crippen LogP contribution is -2.17. The van der Waals surface area contributed by atoms with Crippen LogP contribution in [-0.4, -0.2) is 19.5 Å². The zero-order chi connectivity index (χ0) is 16.3. The molecular formula is C18H29N3. The molecule has 0 aromatic heterocycles. The predicted molar refractivity (Wildman–Crippen MR) is 95.1 cm³/mol. The summed E-state index contributed by atoms with van der Waals surface area (Å²) in [6.45, 7) is 8.37. The fourth-order valence-corrected chi connectivity index (χ4v) is 1.84. The highest BCUT2D eigenvalue weighted by molar-refractivity contribution is 5.69. The molecule has 0 unspecified atom stereocenters. The van der Waals surface area contributed by atoms with Gasteiger partial charge in [-0.3, -0.25) is 0 Å². The summed E-state index contributed by atoms with van der Waals surface area (Å²) in [4.78, 5) is 3.97. The summed E-state index contributed by atoms with van der Waals surface area (Å²) >= 11 is 0. The smallest absolute Gasteiger partial charge is 0.0273 e. The summed E-state index contributed by atoms with van der Waals surface area (Å²) in [7, 11) is 1.75. The zero-order valence-electron chi connectivity index (χ0n) is 14.0. The van der Waals surface area contributed by atoms with Gasteiger partial charge in [0.05, 0.1) is 0 Å². The van der Waals surface area contributed by atoms with Crippen LogP contribution in [0.2, 0.25) is 0 Å². The lowest BCUT2D eigenvalue weighted by Gasteiger charge is -2.28. The fourth-order valence-electron chi connectivity index (χ4n) is 1.84. The fraction of sp³-hybridized carbons (Fsp3) is 0.444. The average molecular weight is 287 g/mol. The van der Waals surface area contributed by atoms with Crippen molar-refractivity contribution in [3.63, 3.8) is 0 Å². The van der Waals surface area contributed by atoms with Crippen LogP contribution in [0.5, 0.6) is 0 Å². The van der Waals surface area contributed by atoms with Crippen molar-refractivity contribution in [2.24, 2.45) is 16.1 Å². The molecular weight excluding hydrogens is 258 g/mol. The average Bonchev–Trinajstić information content (AvgIpc) is 2.44. The van der Waals surface area contributed by atoms with Gasteiger partial charge in [0.25, 0.3) is 0 Å². The van der Waals surface area contributed by atoms with Gasteiger partial charge in [0.2, 0.25) is 0 Å². The van der Waals surface area contributed by atoms with Crippen LogP contribution in [0.4, 0.5) is 0 Å². The lowest BCUT2D eigenvalue weighted by molar-refractivity contribution is 0.550. The summed E-state index contributed by atoms with van der Waals surface area (Å²) in [5, 5.41) is 7.26. The van der Waals surface area contributed by atoms with Crippen molar-refractivity contribution in [2.75, 3.05) is 7.05 Å². The standard InChI is InChI=1S/C18H29N3/c1-6-7-8-9-16(14-17(20)11-13-21-5)18(3,4)15(2)10-12-19/h6-7,9-10,12-14,19H,8,11,20H2,1-5H3/b7-6+,15-10-,16-9+,17-14+,19-12?,21-13-. The van der Waals surface area contributed by atoms with E-state index in [9.17, 15) is 0 Å². The van der Waals surface area contributed by atoms with Gasteiger partial charge in [-0.1, -0.05) is 37.6 Å². The van der Waals surface area contributed by atoms with Crippen LogP contribution >= 0.6 is 0 Å². The highest BCUT2D eigenvalue weighted by Crippen LogP contribution is 2.35. The second-order valence-corrected chi connectivity index (χ2v) is 5.47. The van der Waals surface area contributed by atoms with Gasteiger partial charge in [-0.15, -0.1) is 0 Å². The van der Waals surface area contributed by atoms with Gasteiger partial charge in [0, 0.05) is 37.0 Å². The lowest BCUT2D eigenvalue weighted by atomic mass is 9.76. The Balaban J connectivity index is 5.56. The topological polar surface area (TPSA) is 62.2 Å². The minimum atomic E-state index is -0.160. The van der Waals surface area contributed by atoms with Crippen molar-refractivity contribution >= 4 is 12.4 Å². The SMILES string of the molecule is C/C=C/C/C=C(\C=C(\N)C/C=N\C)C(C)(C)/C(C)=C\C=N. The van der Waals surface area contributed by atoms with E-state index in [2.05, 4.69) is 31.0 Å². The van der Waals surface area contributed by atoms with Crippen molar-refractivity contribution in [3.8, 4) is 0 Å². The van der Waals surface area contributed by atoms with Gasteiger partial charge >= 0.3 is 0 Å². The molecule has 0 bridgehead atoms. The molecule has 0 saturated heterocycles. The van der Waals surface area contributed by atoms with Gasteiger partial charge in [-0.2, -0.15) is 0 Å². The normalized spacial score (nSPS) is 15.2. The second kappa shape index (κ2) is 9.92. The predicted octanol–water partition coefficient (Wildman–Crippen LogP) is 4.43. The van der Waals surface area contributed by atoms with E-state index in [0.717, 1.165) is 17.7 Å². The van der Waals surface area contributed by atoms with E-state index < -0.39 is 0 Å². The summed E-state index contributed by atoms with van der Waals surface area (Å²) < 4.78 is 0. The van der Waals surface area contributed by atoms with E-state index in [1.165, 1.54) is 11.8 Å². The highest BCUT2D eigenvalue weighted by Gasteiger charge is 2.23. The molecule has 0 saturated carbocycles. The Morgan fingerprint density at radius 2 is 2.00 bits per heavy atom. The molecule has 0 atom stereocenters. The van der Waals surface area contributed by atoms with E-state index in [0.29, 0.717) is 6.42 Å². The molecule has 0 heterocycles. The summed E-state index contributed by atoms with van der Waals surface area (Å²) in [6, 6.07) is 0. The van der Waals surface area contributed by atoms with Crippen LogP contribution < -0.4 is 5.73 Å². The first kappa shape index (κ1) is 19.1. The zero-order valence-corrected chi connectivity index (χ0v) is 14.0. The van der Waals surface area contributed by atoms with Crippen LogP contribution in [0, 0.1) is 10.8 Å². The van der Waals surface area contributed by atoms with E-state index in [1.54, 1.807) is 7.05 Å². The van der Waals surface area contributed by atoms with Crippen LogP contribution in [0.1, 0.15) is 40.5 Å².